The molecule has 0 amide bonds. The number of hydrogen-bond donors (Lipinski definition) is 1. The Bertz CT molecular complexity index is 715. The van der Waals surface area contributed by atoms with Gasteiger partial charge in [-0.3, -0.25) is 0 Å². The maximum Gasteiger partial charge on any atom is 0.246 e. The number of hydrogen-bond acceptors (Lipinski definition) is 6. The second kappa shape index (κ2) is 5.69. The largest absolute Gasteiger partial charge is 0.464 e. The molecule has 0 spiro atoms. The third-order valence-electron chi connectivity index (χ3n) is 3.41. The molecule has 0 radical (unpaired) electrons. The molecule has 8 nitrogen and oxygen atoms in total. The van der Waals surface area contributed by atoms with Gasteiger partial charge in [0.2, 0.25) is 20.0 Å². The molecule has 1 aliphatic heterocycles. The smallest absolute Gasteiger partial charge is 0.246 e. The van der Waals surface area contributed by atoms with Crippen LogP contribution in [0.2, 0.25) is 0 Å². The van der Waals surface area contributed by atoms with E-state index in [1.165, 1.54) is 14.7 Å². The van der Waals surface area contributed by atoms with Crippen LogP contribution in [0.5, 0.6) is 0 Å². The molecule has 1 aliphatic rings. The molecule has 1 aromatic heterocycles. The van der Waals surface area contributed by atoms with Crippen molar-refractivity contribution in [3.05, 3.63) is 17.6 Å². The van der Waals surface area contributed by atoms with Crippen LogP contribution in [0, 0.1) is 6.92 Å². The van der Waals surface area contributed by atoms with Gasteiger partial charge in [-0.25, -0.2) is 16.8 Å². The quantitative estimate of drug-likeness (QED) is 0.778. The van der Waals surface area contributed by atoms with Gasteiger partial charge in [-0.2, -0.15) is 8.61 Å². The summed E-state index contributed by atoms with van der Waals surface area (Å²) in [5.41, 5.74) is 5.44. The van der Waals surface area contributed by atoms with Gasteiger partial charge in [0.05, 0.1) is 12.8 Å². The summed E-state index contributed by atoms with van der Waals surface area (Å²) >= 11 is 0. The van der Waals surface area contributed by atoms with Gasteiger partial charge in [-0.15, -0.1) is 0 Å². The van der Waals surface area contributed by atoms with Crippen molar-refractivity contribution in [2.24, 2.45) is 5.73 Å². The van der Waals surface area contributed by atoms with Crippen LogP contribution in [0.4, 0.5) is 0 Å². The summed E-state index contributed by atoms with van der Waals surface area (Å²) in [5, 5.41) is 0. The first-order chi connectivity index (χ1) is 9.66. The predicted molar refractivity (Wildman–Crippen MR) is 76.5 cm³/mol. The number of furan rings is 1. The maximum atomic E-state index is 12.6. The number of aryl methyl sites for hydroxylation is 1. The zero-order valence-electron chi connectivity index (χ0n) is 11.9. The third kappa shape index (κ3) is 3.29. The van der Waals surface area contributed by atoms with Crippen LogP contribution >= 0.6 is 0 Å². The first-order valence-corrected chi connectivity index (χ1v) is 9.69. The molecule has 1 aromatic rings. The molecule has 2 heterocycles. The van der Waals surface area contributed by atoms with E-state index >= 15 is 0 Å². The second-order valence-electron chi connectivity index (χ2n) is 4.90. The fourth-order valence-electron chi connectivity index (χ4n) is 2.26. The Kier molecular flexibility index (Phi) is 4.45. The molecule has 2 N–H and O–H groups in total. The molecule has 1 saturated heterocycles. The lowest BCUT2D eigenvalue weighted by Gasteiger charge is -2.32. The van der Waals surface area contributed by atoms with Crippen molar-refractivity contribution >= 4 is 20.0 Å². The van der Waals surface area contributed by atoms with Crippen LogP contribution in [0.15, 0.2) is 15.4 Å². The van der Waals surface area contributed by atoms with Crippen molar-refractivity contribution < 1.29 is 21.3 Å². The summed E-state index contributed by atoms with van der Waals surface area (Å²) in [4.78, 5) is 0.0933. The molecule has 0 saturated carbocycles. The monoisotopic (exact) mass is 337 g/mol. The second-order valence-corrected chi connectivity index (χ2v) is 8.79. The number of nitrogens with two attached hydrogens (primary N) is 1. The zero-order chi connectivity index (χ0) is 15.8. The number of piperazine rings is 1. The van der Waals surface area contributed by atoms with Crippen LogP contribution in [0.1, 0.15) is 11.5 Å². The zero-order valence-corrected chi connectivity index (χ0v) is 13.6. The van der Waals surface area contributed by atoms with E-state index in [0.29, 0.717) is 11.5 Å². The Labute approximate surface area is 124 Å². The summed E-state index contributed by atoms with van der Waals surface area (Å²) in [5.74, 6) is 0.696. The standard InChI is InChI=1S/C11H19N3O5S2/c1-9-11(7-10(8-12)19-9)21(17,18)14-5-3-13(4-6-14)20(2,15)16/h7H,3-6,8,12H2,1-2H3. The van der Waals surface area contributed by atoms with Crippen molar-refractivity contribution in [2.45, 2.75) is 18.4 Å². The lowest BCUT2D eigenvalue weighted by molar-refractivity contribution is 0.273. The van der Waals surface area contributed by atoms with E-state index in [1.54, 1.807) is 6.92 Å². The first kappa shape index (κ1) is 16.4. The van der Waals surface area contributed by atoms with Crippen LogP contribution in [0.25, 0.3) is 0 Å². The Balaban J connectivity index is 2.20. The van der Waals surface area contributed by atoms with Crippen molar-refractivity contribution in [1.82, 2.24) is 8.61 Å². The molecule has 0 unspecified atom stereocenters. The molecule has 120 valence electrons. The van der Waals surface area contributed by atoms with Gasteiger partial charge in [0.1, 0.15) is 16.4 Å². The minimum atomic E-state index is -3.69. The average Bonchev–Trinajstić information content (AvgIpc) is 2.80. The van der Waals surface area contributed by atoms with E-state index in [4.69, 9.17) is 10.2 Å². The highest BCUT2D eigenvalue weighted by Crippen LogP contribution is 2.24. The summed E-state index contributed by atoms with van der Waals surface area (Å²) in [6.45, 7) is 2.24. The lowest BCUT2D eigenvalue weighted by atomic mass is 10.4. The minimum Gasteiger partial charge on any atom is -0.464 e. The Morgan fingerprint density at radius 2 is 1.67 bits per heavy atom. The molecular formula is C11H19N3O5S2. The van der Waals surface area contributed by atoms with Crippen LogP contribution in [-0.4, -0.2) is 57.9 Å². The van der Waals surface area contributed by atoms with E-state index in [1.807, 2.05) is 0 Å². The molecular weight excluding hydrogens is 318 g/mol. The van der Waals surface area contributed by atoms with Crippen LogP contribution in [-0.2, 0) is 26.6 Å². The van der Waals surface area contributed by atoms with E-state index in [0.717, 1.165) is 6.26 Å². The highest BCUT2D eigenvalue weighted by molar-refractivity contribution is 7.89. The van der Waals surface area contributed by atoms with Crippen LogP contribution in [0.3, 0.4) is 0 Å². The highest BCUT2D eigenvalue weighted by Gasteiger charge is 2.33. The van der Waals surface area contributed by atoms with Gasteiger partial charge < -0.3 is 10.2 Å². The molecule has 0 bridgehead atoms. The first-order valence-electron chi connectivity index (χ1n) is 6.41. The van der Waals surface area contributed by atoms with Gasteiger partial charge >= 0.3 is 0 Å². The number of sulfonamides is 2. The Hall–Kier alpha value is -0.940. The average molecular weight is 337 g/mol. The van der Waals surface area contributed by atoms with Crippen LogP contribution < -0.4 is 5.73 Å². The SMILES string of the molecule is Cc1oc(CN)cc1S(=O)(=O)N1CCN(S(C)(=O)=O)CC1. The van der Waals surface area contributed by atoms with Gasteiger partial charge in [0.25, 0.3) is 0 Å². The molecule has 1 fully saturated rings. The van der Waals surface area contributed by atoms with Gasteiger partial charge in [0, 0.05) is 32.2 Å². The summed E-state index contributed by atoms with van der Waals surface area (Å²) in [7, 11) is -6.98. The lowest BCUT2D eigenvalue weighted by Crippen LogP contribution is -2.50. The molecule has 0 aromatic carbocycles. The summed E-state index contributed by atoms with van der Waals surface area (Å²) in [6, 6.07) is 1.42. The summed E-state index contributed by atoms with van der Waals surface area (Å²) < 4.78 is 55.8. The van der Waals surface area contributed by atoms with Gasteiger partial charge in [-0.1, -0.05) is 0 Å². The third-order valence-corrected chi connectivity index (χ3v) is 6.72. The molecule has 0 aliphatic carbocycles. The van der Waals surface area contributed by atoms with E-state index in [9.17, 15) is 16.8 Å². The van der Waals surface area contributed by atoms with E-state index in [2.05, 4.69) is 0 Å². The van der Waals surface area contributed by atoms with Crippen molar-refractivity contribution in [1.29, 1.82) is 0 Å². The number of nitrogens with zero attached hydrogens (tertiary/aromatic N) is 2. The van der Waals surface area contributed by atoms with Crippen molar-refractivity contribution in [3.63, 3.8) is 0 Å². The molecule has 0 atom stereocenters. The van der Waals surface area contributed by atoms with Crippen molar-refractivity contribution in [2.75, 3.05) is 32.4 Å². The molecule has 10 heteroatoms. The highest BCUT2D eigenvalue weighted by atomic mass is 32.2. The number of rotatable bonds is 4. The normalized spacial score (nSPS) is 19.0. The van der Waals surface area contributed by atoms with E-state index in [-0.39, 0.29) is 37.6 Å². The fraction of sp³-hybridized carbons (Fsp3) is 0.636. The fourth-order valence-corrected chi connectivity index (χ4v) is 4.70. The summed E-state index contributed by atoms with van der Waals surface area (Å²) in [6.07, 6.45) is 1.12. The minimum absolute atomic E-state index is 0.0933. The Morgan fingerprint density at radius 1 is 1.14 bits per heavy atom. The predicted octanol–water partition coefficient (Wildman–Crippen LogP) is -0.687. The van der Waals surface area contributed by atoms with Gasteiger partial charge in [0.15, 0.2) is 0 Å². The van der Waals surface area contributed by atoms with Gasteiger partial charge in [-0.05, 0) is 6.92 Å². The maximum absolute atomic E-state index is 12.6. The Morgan fingerprint density at radius 3 is 2.10 bits per heavy atom. The molecule has 2 rings (SSSR count). The molecule has 21 heavy (non-hydrogen) atoms. The van der Waals surface area contributed by atoms with E-state index < -0.39 is 20.0 Å². The topological polar surface area (TPSA) is 114 Å². The van der Waals surface area contributed by atoms with Crippen molar-refractivity contribution in [3.8, 4) is 0 Å².